The lowest BCUT2D eigenvalue weighted by atomic mass is 9.79. The summed E-state index contributed by atoms with van der Waals surface area (Å²) in [7, 11) is 1.81. The normalized spacial score (nSPS) is 17.5. The summed E-state index contributed by atoms with van der Waals surface area (Å²) in [6.07, 6.45) is 2.43. The van der Waals surface area contributed by atoms with Crippen LogP contribution in [0.4, 0.5) is 0 Å². The van der Waals surface area contributed by atoms with Crippen molar-refractivity contribution in [1.29, 1.82) is 0 Å². The Morgan fingerprint density at radius 2 is 1.79 bits per heavy atom. The summed E-state index contributed by atoms with van der Waals surface area (Å²) in [5, 5.41) is 3.45. The molecule has 1 aromatic carbocycles. The van der Waals surface area contributed by atoms with E-state index in [1.165, 1.54) is 29.5 Å². The molecule has 0 aliphatic carbocycles. The molecule has 1 aliphatic rings. The Morgan fingerprint density at radius 1 is 1.16 bits per heavy atom. The molecule has 2 heteroatoms. The number of nitrogens with one attached hydrogen (secondary N) is 1. The van der Waals surface area contributed by atoms with E-state index in [4.69, 9.17) is 4.74 Å². The molecule has 0 radical (unpaired) electrons. The van der Waals surface area contributed by atoms with Gasteiger partial charge in [0.05, 0.1) is 7.11 Å². The maximum atomic E-state index is 5.82. The first-order valence-electron chi connectivity index (χ1n) is 7.34. The van der Waals surface area contributed by atoms with Crippen molar-refractivity contribution in [1.82, 2.24) is 5.32 Å². The zero-order valence-electron chi connectivity index (χ0n) is 13.0. The SMILES string of the molecule is COc1c(C(C)(C)C)ccc(C)c1C1CCNCC1. The number of hydrogen-bond acceptors (Lipinski definition) is 2. The summed E-state index contributed by atoms with van der Waals surface area (Å²) in [5.41, 5.74) is 4.27. The fourth-order valence-electron chi connectivity index (χ4n) is 3.13. The van der Waals surface area contributed by atoms with Crippen LogP contribution in [0.15, 0.2) is 12.1 Å². The fourth-order valence-corrected chi connectivity index (χ4v) is 3.13. The van der Waals surface area contributed by atoms with Gasteiger partial charge in [-0.15, -0.1) is 0 Å². The van der Waals surface area contributed by atoms with Crippen LogP contribution in [-0.2, 0) is 5.41 Å². The number of rotatable bonds is 2. The van der Waals surface area contributed by atoms with Gasteiger partial charge in [0.2, 0.25) is 0 Å². The van der Waals surface area contributed by atoms with Crippen molar-refractivity contribution >= 4 is 0 Å². The third-order valence-corrected chi connectivity index (χ3v) is 4.17. The minimum absolute atomic E-state index is 0.126. The smallest absolute Gasteiger partial charge is 0.126 e. The Balaban J connectivity index is 2.51. The molecule has 0 saturated carbocycles. The van der Waals surface area contributed by atoms with Gasteiger partial charge in [-0.2, -0.15) is 0 Å². The maximum Gasteiger partial charge on any atom is 0.126 e. The standard InChI is InChI=1S/C17H27NO/c1-12-6-7-14(17(2,3)4)16(19-5)15(12)13-8-10-18-11-9-13/h6-7,13,18H,8-11H2,1-5H3. The predicted octanol–water partition coefficient (Wildman–Crippen LogP) is 3.77. The highest BCUT2D eigenvalue weighted by Crippen LogP contribution is 2.41. The molecular formula is C17H27NO. The first kappa shape index (κ1) is 14.4. The van der Waals surface area contributed by atoms with Crippen molar-refractivity contribution in [2.75, 3.05) is 20.2 Å². The molecule has 1 aromatic rings. The van der Waals surface area contributed by atoms with Crippen LogP contribution >= 0.6 is 0 Å². The van der Waals surface area contributed by atoms with E-state index >= 15 is 0 Å². The van der Waals surface area contributed by atoms with Crippen molar-refractivity contribution in [3.05, 3.63) is 28.8 Å². The molecule has 1 saturated heterocycles. The first-order chi connectivity index (χ1) is 8.95. The van der Waals surface area contributed by atoms with Crippen LogP contribution in [0.2, 0.25) is 0 Å². The van der Waals surface area contributed by atoms with Crippen LogP contribution in [0.1, 0.15) is 56.2 Å². The number of aryl methyl sites for hydroxylation is 1. The fraction of sp³-hybridized carbons (Fsp3) is 0.647. The van der Waals surface area contributed by atoms with Crippen LogP contribution in [0, 0.1) is 6.92 Å². The molecule has 0 spiro atoms. The second-order valence-corrected chi connectivity index (χ2v) is 6.65. The first-order valence-corrected chi connectivity index (χ1v) is 7.34. The molecule has 2 nitrogen and oxygen atoms in total. The van der Waals surface area contributed by atoms with Crippen LogP contribution in [0.3, 0.4) is 0 Å². The quantitative estimate of drug-likeness (QED) is 0.875. The average Bonchev–Trinajstić information content (AvgIpc) is 2.37. The van der Waals surface area contributed by atoms with Gasteiger partial charge in [-0.25, -0.2) is 0 Å². The molecule has 1 aliphatic heterocycles. The summed E-state index contributed by atoms with van der Waals surface area (Å²) < 4.78 is 5.82. The van der Waals surface area contributed by atoms with Gasteiger partial charge in [-0.3, -0.25) is 0 Å². The van der Waals surface area contributed by atoms with Gasteiger partial charge in [0.15, 0.2) is 0 Å². The molecule has 1 heterocycles. The van der Waals surface area contributed by atoms with E-state index in [0.717, 1.165) is 18.8 Å². The van der Waals surface area contributed by atoms with Crippen LogP contribution in [0.25, 0.3) is 0 Å². The summed E-state index contributed by atoms with van der Waals surface area (Å²) >= 11 is 0. The zero-order valence-corrected chi connectivity index (χ0v) is 13.0. The number of hydrogen-bond donors (Lipinski definition) is 1. The van der Waals surface area contributed by atoms with E-state index in [2.05, 4.69) is 45.1 Å². The average molecular weight is 261 g/mol. The van der Waals surface area contributed by atoms with Crippen molar-refractivity contribution in [2.24, 2.45) is 0 Å². The van der Waals surface area contributed by atoms with Crippen molar-refractivity contribution in [3.8, 4) is 5.75 Å². The Labute approximate surface area is 117 Å². The topological polar surface area (TPSA) is 21.3 Å². The molecule has 1 fully saturated rings. The lowest BCUT2D eigenvalue weighted by Gasteiger charge is -2.30. The second kappa shape index (κ2) is 5.54. The third kappa shape index (κ3) is 2.94. The molecule has 0 bridgehead atoms. The van der Waals surface area contributed by atoms with Gasteiger partial charge in [0, 0.05) is 5.56 Å². The Bertz CT molecular complexity index is 439. The van der Waals surface area contributed by atoms with E-state index in [1.807, 2.05) is 7.11 Å². The van der Waals surface area contributed by atoms with Gasteiger partial charge in [0.1, 0.15) is 5.75 Å². The molecule has 0 aromatic heterocycles. The van der Waals surface area contributed by atoms with Gasteiger partial charge in [-0.05, 0) is 55.3 Å². The van der Waals surface area contributed by atoms with E-state index in [-0.39, 0.29) is 5.41 Å². The van der Waals surface area contributed by atoms with Crippen molar-refractivity contribution in [3.63, 3.8) is 0 Å². The highest BCUT2D eigenvalue weighted by atomic mass is 16.5. The number of piperidine rings is 1. The van der Waals surface area contributed by atoms with Crippen LogP contribution < -0.4 is 10.1 Å². The highest BCUT2D eigenvalue weighted by Gasteiger charge is 2.26. The number of methoxy groups -OCH3 is 1. The predicted molar refractivity (Wildman–Crippen MR) is 81.3 cm³/mol. The third-order valence-electron chi connectivity index (χ3n) is 4.17. The molecule has 2 rings (SSSR count). The van der Waals surface area contributed by atoms with E-state index in [1.54, 1.807) is 0 Å². The zero-order chi connectivity index (χ0) is 14.0. The van der Waals surface area contributed by atoms with Crippen LogP contribution in [0.5, 0.6) is 5.75 Å². The molecule has 19 heavy (non-hydrogen) atoms. The lowest BCUT2D eigenvalue weighted by molar-refractivity contribution is 0.377. The van der Waals surface area contributed by atoms with Gasteiger partial charge < -0.3 is 10.1 Å². The van der Waals surface area contributed by atoms with E-state index in [0.29, 0.717) is 5.92 Å². The molecule has 1 N–H and O–H groups in total. The van der Waals surface area contributed by atoms with Gasteiger partial charge in [-0.1, -0.05) is 32.9 Å². The van der Waals surface area contributed by atoms with Crippen molar-refractivity contribution < 1.29 is 4.74 Å². The van der Waals surface area contributed by atoms with Crippen molar-refractivity contribution in [2.45, 2.75) is 51.9 Å². The second-order valence-electron chi connectivity index (χ2n) is 6.65. The largest absolute Gasteiger partial charge is 0.496 e. The van der Waals surface area contributed by atoms with Gasteiger partial charge >= 0.3 is 0 Å². The van der Waals surface area contributed by atoms with E-state index < -0.39 is 0 Å². The molecular weight excluding hydrogens is 234 g/mol. The minimum atomic E-state index is 0.126. The molecule has 0 atom stereocenters. The van der Waals surface area contributed by atoms with Crippen LogP contribution in [-0.4, -0.2) is 20.2 Å². The molecule has 106 valence electrons. The summed E-state index contributed by atoms with van der Waals surface area (Å²) in [6.45, 7) is 11.2. The Kier molecular flexibility index (Phi) is 4.19. The molecule has 0 unspecified atom stereocenters. The maximum absolute atomic E-state index is 5.82. The molecule has 0 amide bonds. The number of ether oxygens (including phenoxy) is 1. The Hall–Kier alpha value is -1.02. The monoisotopic (exact) mass is 261 g/mol. The summed E-state index contributed by atoms with van der Waals surface area (Å²) in [4.78, 5) is 0. The minimum Gasteiger partial charge on any atom is -0.496 e. The van der Waals surface area contributed by atoms with E-state index in [9.17, 15) is 0 Å². The Morgan fingerprint density at radius 3 is 2.32 bits per heavy atom. The number of benzene rings is 1. The lowest BCUT2D eigenvalue weighted by Crippen LogP contribution is -2.27. The highest BCUT2D eigenvalue weighted by molar-refractivity contribution is 5.51. The summed E-state index contributed by atoms with van der Waals surface area (Å²) in [6, 6.07) is 4.50. The van der Waals surface area contributed by atoms with Gasteiger partial charge in [0.25, 0.3) is 0 Å². The summed E-state index contributed by atoms with van der Waals surface area (Å²) in [5.74, 6) is 1.76.